The lowest BCUT2D eigenvalue weighted by Gasteiger charge is -2.27. The van der Waals surface area contributed by atoms with Crippen LogP contribution in [0.4, 0.5) is 0 Å². The Hall–Kier alpha value is -4.62. The van der Waals surface area contributed by atoms with Gasteiger partial charge in [-0.1, -0.05) is 13.3 Å². The summed E-state index contributed by atoms with van der Waals surface area (Å²) in [5.41, 5.74) is 0. The topological polar surface area (TPSA) is 263 Å². The lowest BCUT2D eigenvalue weighted by Crippen LogP contribution is -2.45. The molecular weight excluding hydrogens is 833 g/mol. The van der Waals surface area contributed by atoms with Crippen LogP contribution in [0.15, 0.2) is 0 Å². The number of rotatable bonds is 32. The molecule has 0 radical (unpaired) electrons. The first-order valence-corrected chi connectivity index (χ1v) is 22.9. The van der Waals surface area contributed by atoms with Crippen molar-refractivity contribution in [1.29, 1.82) is 0 Å². The maximum absolute atomic E-state index is 13.8. The number of likely N-dealkylation sites (tertiary alicyclic amines) is 2. The molecule has 2 heterocycles. The zero-order valence-corrected chi connectivity index (χ0v) is 39.0. The Morgan fingerprint density at radius 3 is 2.16 bits per heavy atom. The van der Waals surface area contributed by atoms with E-state index < -0.39 is 79.0 Å². The van der Waals surface area contributed by atoms with Crippen LogP contribution in [0.5, 0.6) is 0 Å². The number of ether oxygens (including phenoxy) is 1. The van der Waals surface area contributed by atoms with Crippen molar-refractivity contribution in [1.82, 2.24) is 25.8 Å². The molecule has 0 aromatic heterocycles. The summed E-state index contributed by atoms with van der Waals surface area (Å²) in [5.74, 6) is -6.57. The highest BCUT2D eigenvalue weighted by molar-refractivity contribution is 5.96. The Balaban J connectivity index is 2.05. The fourth-order valence-corrected chi connectivity index (χ4v) is 7.87. The normalized spacial score (nSPS) is 18.8. The number of hydrogen-bond acceptors (Lipinski definition) is 13. The van der Waals surface area contributed by atoms with Gasteiger partial charge >= 0.3 is 11.9 Å². The predicted octanol–water partition coefficient (Wildman–Crippen LogP) is 1.10. The number of nitrogens with zero attached hydrogens (tertiary/aromatic N) is 3. The standard InChI is InChI=1S/C45H74N6O13/c1-7-37(54)36-27-34(53)29-50(36)45(63)32(17-20-42(59)60)25-33(52)28-48-44(62)31(26-39(56)35-14-12-22-49(35)41(58)19-18-38(55)30(2)46-3)13-10-11-21-47-40(57)15-8-9-16-43(61)64-24-23-51(4,5)6/h30-32,34-36,46,53H,7-29H2,1-6H3,(H2-,47,48,57,59,60,62)/p+1. The van der Waals surface area contributed by atoms with Crippen molar-refractivity contribution >= 4 is 58.7 Å². The Morgan fingerprint density at radius 1 is 0.797 bits per heavy atom. The second-order valence-electron chi connectivity index (χ2n) is 18.2. The summed E-state index contributed by atoms with van der Waals surface area (Å²) in [6, 6.07) is -2.09. The van der Waals surface area contributed by atoms with E-state index in [1.165, 1.54) is 9.80 Å². The Morgan fingerprint density at radius 2 is 1.50 bits per heavy atom. The number of carboxylic acids is 1. The van der Waals surface area contributed by atoms with Crippen LogP contribution < -0.4 is 16.0 Å². The molecule has 5 N–H and O–H groups in total. The summed E-state index contributed by atoms with van der Waals surface area (Å²) in [7, 11) is 7.65. The number of esters is 1. The van der Waals surface area contributed by atoms with Gasteiger partial charge in [0.25, 0.3) is 0 Å². The number of Topliss-reactive ketones (excluding diaryl/α,β-unsaturated/α-hetero) is 4. The van der Waals surface area contributed by atoms with Gasteiger partial charge in [0.05, 0.1) is 51.9 Å². The molecule has 362 valence electrons. The molecule has 64 heavy (non-hydrogen) atoms. The summed E-state index contributed by atoms with van der Waals surface area (Å²) in [6.45, 7) is 4.33. The first-order valence-electron chi connectivity index (χ1n) is 22.9. The molecule has 6 unspecified atom stereocenters. The molecule has 2 rings (SSSR count). The van der Waals surface area contributed by atoms with Gasteiger partial charge in [-0.3, -0.25) is 47.9 Å². The van der Waals surface area contributed by atoms with Crippen LogP contribution in [0.25, 0.3) is 0 Å². The van der Waals surface area contributed by atoms with Gasteiger partial charge in [0.2, 0.25) is 23.6 Å². The van der Waals surface area contributed by atoms with Crippen LogP contribution in [0.2, 0.25) is 0 Å². The molecule has 6 atom stereocenters. The van der Waals surface area contributed by atoms with Crippen LogP contribution in [0.3, 0.4) is 0 Å². The summed E-state index contributed by atoms with van der Waals surface area (Å²) >= 11 is 0. The first kappa shape index (κ1) is 55.5. The number of carboxylic acid groups (broad SMARTS) is 1. The van der Waals surface area contributed by atoms with Crippen molar-refractivity contribution in [3.8, 4) is 0 Å². The maximum atomic E-state index is 13.8. The zero-order chi connectivity index (χ0) is 48.0. The number of ketones is 4. The first-order chi connectivity index (χ1) is 30.2. The van der Waals surface area contributed by atoms with Crippen LogP contribution >= 0.6 is 0 Å². The third-order valence-corrected chi connectivity index (χ3v) is 11.9. The third-order valence-electron chi connectivity index (χ3n) is 11.9. The van der Waals surface area contributed by atoms with E-state index in [-0.39, 0.29) is 99.5 Å². The monoisotopic (exact) mass is 908 g/mol. The van der Waals surface area contributed by atoms with E-state index in [0.717, 1.165) is 0 Å². The highest BCUT2D eigenvalue weighted by Crippen LogP contribution is 2.27. The van der Waals surface area contributed by atoms with E-state index in [0.29, 0.717) is 69.2 Å². The second kappa shape index (κ2) is 28.3. The van der Waals surface area contributed by atoms with E-state index in [4.69, 9.17) is 4.74 Å². The van der Waals surface area contributed by atoms with Crippen LogP contribution in [0, 0.1) is 11.8 Å². The van der Waals surface area contributed by atoms with Crippen molar-refractivity contribution in [2.75, 3.05) is 67.5 Å². The largest absolute Gasteiger partial charge is 0.481 e. The van der Waals surface area contributed by atoms with Gasteiger partial charge in [-0.15, -0.1) is 0 Å². The number of likely N-dealkylation sites (N-methyl/N-ethyl adjacent to an activating group) is 2. The van der Waals surface area contributed by atoms with Crippen molar-refractivity contribution in [2.45, 2.75) is 147 Å². The molecule has 19 heteroatoms. The van der Waals surface area contributed by atoms with E-state index in [1.807, 2.05) is 21.1 Å². The Labute approximate surface area is 377 Å². The Bertz CT molecular complexity index is 1630. The molecule has 2 fully saturated rings. The minimum absolute atomic E-state index is 0.0139. The SMILES string of the molecule is CCC(=O)C1CC(O)CN1C(=O)C(CCC(=O)O)CC(=O)CNC(=O)C(CCCCNC(=O)CCCCC(=O)OCC[N+](C)(C)C)CC(=O)C1CCCN1C(=O)CCC(=O)C(C)NC. The Kier molecular flexibility index (Phi) is 24.6. The fourth-order valence-electron chi connectivity index (χ4n) is 7.87. The zero-order valence-electron chi connectivity index (χ0n) is 39.0. The summed E-state index contributed by atoms with van der Waals surface area (Å²) in [4.78, 5) is 131. The smallest absolute Gasteiger partial charge is 0.305 e. The molecule has 0 aromatic carbocycles. The van der Waals surface area contributed by atoms with E-state index >= 15 is 0 Å². The number of aliphatic carboxylic acids is 1. The number of unbranched alkanes of at least 4 members (excludes halogenated alkanes) is 2. The second-order valence-corrected chi connectivity index (χ2v) is 18.2. The van der Waals surface area contributed by atoms with E-state index in [9.17, 15) is 58.2 Å². The number of hydrogen-bond donors (Lipinski definition) is 5. The number of carbonyl (C=O) groups is 10. The predicted molar refractivity (Wildman–Crippen MR) is 234 cm³/mol. The van der Waals surface area contributed by atoms with Crippen LogP contribution in [-0.2, 0) is 52.7 Å². The molecular formula is C45H75N6O13+. The van der Waals surface area contributed by atoms with Gasteiger partial charge in [0, 0.05) is 89.3 Å². The molecule has 2 aliphatic heterocycles. The molecule has 2 saturated heterocycles. The average molecular weight is 908 g/mol. The molecule has 0 spiro atoms. The molecule has 0 aliphatic carbocycles. The molecule has 0 aromatic rings. The molecule has 0 bridgehead atoms. The van der Waals surface area contributed by atoms with Crippen molar-refractivity contribution in [3.63, 3.8) is 0 Å². The maximum Gasteiger partial charge on any atom is 0.305 e. The number of nitrogens with one attached hydrogen (secondary N) is 3. The summed E-state index contributed by atoms with van der Waals surface area (Å²) in [6.07, 6.45) is 1.38. The van der Waals surface area contributed by atoms with Crippen molar-refractivity contribution in [3.05, 3.63) is 0 Å². The molecule has 2 aliphatic rings. The number of aliphatic hydroxyl groups is 1. The van der Waals surface area contributed by atoms with Gasteiger partial charge in [0.1, 0.15) is 18.9 Å². The van der Waals surface area contributed by atoms with Gasteiger partial charge in [-0.2, -0.15) is 0 Å². The van der Waals surface area contributed by atoms with E-state index in [2.05, 4.69) is 16.0 Å². The number of β-amino-alcohol motifs (C(OH)–C–C–N with tert-alkyl or cyclic N) is 1. The fraction of sp³-hybridized carbons (Fsp3) is 0.778. The van der Waals surface area contributed by atoms with Crippen molar-refractivity contribution in [2.24, 2.45) is 11.8 Å². The van der Waals surface area contributed by atoms with E-state index in [1.54, 1.807) is 20.9 Å². The molecule has 4 amide bonds. The average Bonchev–Trinajstić information content (AvgIpc) is 3.90. The summed E-state index contributed by atoms with van der Waals surface area (Å²) < 4.78 is 5.92. The number of carbonyl (C=O) groups excluding carboxylic acids is 9. The van der Waals surface area contributed by atoms with Gasteiger partial charge < -0.3 is 45.2 Å². The lowest BCUT2D eigenvalue weighted by atomic mass is 9.91. The van der Waals surface area contributed by atoms with Crippen LogP contribution in [0.1, 0.15) is 123 Å². The highest BCUT2D eigenvalue weighted by Gasteiger charge is 2.41. The van der Waals surface area contributed by atoms with Gasteiger partial charge in [-0.25, -0.2) is 0 Å². The van der Waals surface area contributed by atoms with Gasteiger partial charge in [-0.05, 0) is 58.9 Å². The van der Waals surface area contributed by atoms with Crippen LogP contribution in [-0.4, -0.2) is 175 Å². The number of aliphatic hydroxyl groups excluding tert-OH is 1. The molecule has 19 nitrogen and oxygen atoms in total. The number of amides is 4. The number of quaternary nitrogens is 1. The van der Waals surface area contributed by atoms with Crippen molar-refractivity contribution < 1.29 is 67.4 Å². The van der Waals surface area contributed by atoms with Gasteiger partial charge in [0.15, 0.2) is 17.3 Å². The minimum atomic E-state index is -1.19. The molecule has 0 saturated carbocycles. The third kappa shape index (κ3) is 20.5. The summed E-state index contributed by atoms with van der Waals surface area (Å²) in [5, 5.41) is 27.9. The minimum Gasteiger partial charge on any atom is -0.481 e. The quantitative estimate of drug-likeness (QED) is 0.0360. The lowest BCUT2D eigenvalue weighted by molar-refractivity contribution is -0.870. The highest BCUT2D eigenvalue weighted by atomic mass is 16.5.